The minimum atomic E-state index is -0.511. The second kappa shape index (κ2) is 6.82. The van der Waals surface area contributed by atoms with Crippen LogP contribution in [0.5, 0.6) is 5.75 Å². The van der Waals surface area contributed by atoms with Crippen LogP contribution < -0.4 is 4.74 Å². The minimum absolute atomic E-state index is 0.0447. The first-order valence-electron chi connectivity index (χ1n) is 8.76. The van der Waals surface area contributed by atoms with Crippen molar-refractivity contribution in [3.05, 3.63) is 29.3 Å². The number of likely N-dealkylation sites (tertiary alicyclic amines) is 1. The molecule has 1 fully saturated rings. The Morgan fingerprint density at radius 3 is 2.71 bits per heavy atom. The Bertz CT molecular complexity index is 659. The SMILES string of the molecule is CCC(C)N1C(=O)c2ccc(OC3CCN(C)CC3)cc2C1C#N. The average Bonchev–Trinajstić information content (AvgIpc) is 2.88. The molecule has 2 heterocycles. The van der Waals surface area contributed by atoms with Gasteiger partial charge in [-0.2, -0.15) is 5.26 Å². The van der Waals surface area contributed by atoms with Crippen molar-refractivity contribution in [1.29, 1.82) is 5.26 Å². The van der Waals surface area contributed by atoms with Crippen molar-refractivity contribution in [2.75, 3.05) is 20.1 Å². The summed E-state index contributed by atoms with van der Waals surface area (Å²) in [6, 6.07) is 7.40. The minimum Gasteiger partial charge on any atom is -0.490 e. The van der Waals surface area contributed by atoms with E-state index >= 15 is 0 Å². The molecule has 0 saturated carbocycles. The molecule has 24 heavy (non-hydrogen) atoms. The maximum Gasteiger partial charge on any atom is 0.255 e. The van der Waals surface area contributed by atoms with E-state index in [2.05, 4.69) is 18.0 Å². The fraction of sp³-hybridized carbons (Fsp3) is 0.579. The van der Waals surface area contributed by atoms with Crippen molar-refractivity contribution in [1.82, 2.24) is 9.80 Å². The van der Waals surface area contributed by atoms with E-state index in [1.54, 1.807) is 4.90 Å². The van der Waals surface area contributed by atoms with E-state index in [1.165, 1.54) is 0 Å². The first-order valence-corrected chi connectivity index (χ1v) is 8.76. The third-order valence-electron chi connectivity index (χ3n) is 5.22. The number of piperidine rings is 1. The summed E-state index contributed by atoms with van der Waals surface area (Å²) in [7, 11) is 2.12. The quantitative estimate of drug-likeness (QED) is 0.853. The average molecular weight is 327 g/mol. The van der Waals surface area contributed by atoms with Gasteiger partial charge in [0.2, 0.25) is 0 Å². The summed E-state index contributed by atoms with van der Waals surface area (Å²) in [5.74, 6) is 0.721. The van der Waals surface area contributed by atoms with E-state index in [1.807, 2.05) is 32.0 Å². The molecule has 2 aliphatic heterocycles. The van der Waals surface area contributed by atoms with E-state index in [0.29, 0.717) is 5.56 Å². The third kappa shape index (κ3) is 2.99. The van der Waals surface area contributed by atoms with E-state index in [0.717, 1.165) is 43.7 Å². The van der Waals surface area contributed by atoms with Gasteiger partial charge in [0.15, 0.2) is 0 Å². The third-order valence-corrected chi connectivity index (χ3v) is 5.22. The predicted molar refractivity (Wildman–Crippen MR) is 91.9 cm³/mol. The van der Waals surface area contributed by atoms with E-state index in [9.17, 15) is 10.1 Å². The van der Waals surface area contributed by atoms with Crippen LogP contribution in [0.4, 0.5) is 0 Å². The summed E-state index contributed by atoms with van der Waals surface area (Å²) < 4.78 is 6.11. The van der Waals surface area contributed by atoms with Crippen molar-refractivity contribution in [2.45, 2.75) is 51.3 Å². The Labute approximate surface area is 143 Å². The molecule has 5 nitrogen and oxygen atoms in total. The Morgan fingerprint density at radius 1 is 1.38 bits per heavy atom. The van der Waals surface area contributed by atoms with Crippen LogP contribution in [-0.2, 0) is 0 Å². The lowest BCUT2D eigenvalue weighted by Crippen LogP contribution is -2.35. The van der Waals surface area contributed by atoms with Gasteiger partial charge in [-0.15, -0.1) is 0 Å². The fourth-order valence-electron chi connectivity index (χ4n) is 3.52. The summed E-state index contributed by atoms with van der Waals surface area (Å²) in [6.45, 7) is 6.10. The largest absolute Gasteiger partial charge is 0.490 e. The molecular weight excluding hydrogens is 302 g/mol. The zero-order valence-electron chi connectivity index (χ0n) is 14.7. The first kappa shape index (κ1) is 16.8. The molecule has 1 aromatic carbocycles. The molecule has 5 heteroatoms. The van der Waals surface area contributed by atoms with Crippen molar-refractivity contribution in [3.8, 4) is 11.8 Å². The highest BCUT2D eigenvalue weighted by Crippen LogP contribution is 2.37. The molecule has 0 N–H and O–H groups in total. The van der Waals surface area contributed by atoms with Crippen molar-refractivity contribution < 1.29 is 9.53 Å². The molecular formula is C19H25N3O2. The van der Waals surface area contributed by atoms with Gasteiger partial charge in [-0.25, -0.2) is 0 Å². The lowest BCUT2D eigenvalue weighted by atomic mass is 10.0. The Morgan fingerprint density at radius 2 is 2.08 bits per heavy atom. The highest BCUT2D eigenvalue weighted by atomic mass is 16.5. The van der Waals surface area contributed by atoms with Crippen LogP contribution in [0.1, 0.15) is 55.1 Å². The number of hydrogen-bond acceptors (Lipinski definition) is 4. The zero-order chi connectivity index (χ0) is 17.3. The van der Waals surface area contributed by atoms with Gasteiger partial charge in [0.25, 0.3) is 5.91 Å². The van der Waals surface area contributed by atoms with Crippen LogP contribution in [0, 0.1) is 11.3 Å². The lowest BCUT2D eigenvalue weighted by molar-refractivity contribution is 0.0684. The second-order valence-corrected chi connectivity index (χ2v) is 6.87. The number of nitriles is 1. The number of hydrogen-bond donors (Lipinski definition) is 0. The van der Waals surface area contributed by atoms with Gasteiger partial charge < -0.3 is 14.5 Å². The van der Waals surface area contributed by atoms with Gasteiger partial charge in [0.1, 0.15) is 17.9 Å². The number of ether oxygens (including phenoxy) is 1. The van der Waals surface area contributed by atoms with Gasteiger partial charge in [-0.3, -0.25) is 4.79 Å². The Balaban J connectivity index is 1.82. The van der Waals surface area contributed by atoms with Crippen LogP contribution in [0.15, 0.2) is 18.2 Å². The number of carbonyl (C=O) groups is 1. The molecule has 1 amide bonds. The Hall–Kier alpha value is -2.06. The molecule has 128 valence electrons. The molecule has 1 aromatic rings. The summed E-state index contributed by atoms with van der Waals surface area (Å²) >= 11 is 0. The lowest BCUT2D eigenvalue weighted by Gasteiger charge is -2.29. The number of benzene rings is 1. The van der Waals surface area contributed by atoms with Crippen molar-refractivity contribution >= 4 is 5.91 Å². The van der Waals surface area contributed by atoms with Crippen LogP contribution in [-0.4, -0.2) is 48.0 Å². The zero-order valence-corrected chi connectivity index (χ0v) is 14.7. The molecule has 0 spiro atoms. The normalized spacial score (nSPS) is 23.0. The summed E-state index contributed by atoms with van der Waals surface area (Å²) in [4.78, 5) is 16.6. The molecule has 0 radical (unpaired) electrons. The molecule has 3 rings (SSSR count). The summed E-state index contributed by atoms with van der Waals surface area (Å²) in [6.07, 6.45) is 3.06. The van der Waals surface area contributed by atoms with Crippen LogP contribution >= 0.6 is 0 Å². The molecule has 1 saturated heterocycles. The van der Waals surface area contributed by atoms with Crippen molar-refractivity contribution in [3.63, 3.8) is 0 Å². The van der Waals surface area contributed by atoms with E-state index in [-0.39, 0.29) is 18.1 Å². The van der Waals surface area contributed by atoms with Crippen LogP contribution in [0.2, 0.25) is 0 Å². The molecule has 2 unspecified atom stereocenters. The maximum atomic E-state index is 12.6. The molecule has 0 bridgehead atoms. The predicted octanol–water partition coefficient (Wildman–Crippen LogP) is 2.98. The topological polar surface area (TPSA) is 56.6 Å². The van der Waals surface area contributed by atoms with E-state index in [4.69, 9.17) is 4.74 Å². The number of rotatable bonds is 4. The molecule has 2 aliphatic rings. The standard InChI is InChI=1S/C19H25N3O2/c1-4-13(2)22-18(12-20)17-11-15(5-6-16(17)19(22)23)24-14-7-9-21(3)10-8-14/h5-6,11,13-14,18H,4,7-10H2,1-3H3. The number of carbonyl (C=O) groups excluding carboxylic acids is 1. The first-order chi connectivity index (χ1) is 11.5. The van der Waals surface area contributed by atoms with Gasteiger partial charge in [-0.1, -0.05) is 6.92 Å². The molecule has 0 aromatic heterocycles. The van der Waals surface area contributed by atoms with Crippen molar-refractivity contribution in [2.24, 2.45) is 0 Å². The highest BCUT2D eigenvalue weighted by Gasteiger charge is 2.39. The Kier molecular flexibility index (Phi) is 4.77. The summed E-state index contributed by atoms with van der Waals surface area (Å²) in [5.41, 5.74) is 1.42. The highest BCUT2D eigenvalue weighted by molar-refractivity contribution is 6.00. The van der Waals surface area contributed by atoms with Gasteiger partial charge in [0, 0.05) is 30.3 Å². The number of amides is 1. The van der Waals surface area contributed by atoms with Crippen LogP contribution in [0.25, 0.3) is 0 Å². The van der Waals surface area contributed by atoms with Gasteiger partial charge in [-0.05, 0) is 51.4 Å². The van der Waals surface area contributed by atoms with Gasteiger partial charge in [0.05, 0.1) is 6.07 Å². The maximum absolute atomic E-state index is 12.6. The number of fused-ring (bicyclic) bond motifs is 1. The molecule has 0 aliphatic carbocycles. The second-order valence-electron chi connectivity index (χ2n) is 6.87. The molecule has 2 atom stereocenters. The fourth-order valence-corrected chi connectivity index (χ4v) is 3.52. The smallest absolute Gasteiger partial charge is 0.255 e. The summed E-state index contributed by atoms with van der Waals surface area (Å²) in [5, 5.41) is 9.60. The number of nitrogens with zero attached hydrogens (tertiary/aromatic N) is 3. The van der Waals surface area contributed by atoms with Crippen LogP contribution in [0.3, 0.4) is 0 Å². The monoisotopic (exact) mass is 327 g/mol. The van der Waals surface area contributed by atoms with E-state index < -0.39 is 6.04 Å². The van der Waals surface area contributed by atoms with Gasteiger partial charge >= 0.3 is 0 Å².